The molecule has 0 bridgehead atoms. The van der Waals surface area contributed by atoms with Crippen LogP contribution in [0.5, 0.6) is 0 Å². The van der Waals surface area contributed by atoms with E-state index in [1.54, 1.807) is 25.3 Å². The van der Waals surface area contributed by atoms with Gasteiger partial charge in [-0.3, -0.25) is 4.98 Å². The minimum Gasteiger partial charge on any atom is -0.259 e. The average molecular weight is 233 g/mol. The van der Waals surface area contributed by atoms with Gasteiger partial charge in [-0.1, -0.05) is 23.7 Å². The number of hydrogen-bond acceptors (Lipinski definition) is 3. The summed E-state index contributed by atoms with van der Waals surface area (Å²) in [5.74, 6) is 0. The third-order valence-corrected chi connectivity index (χ3v) is 2.55. The number of benzene rings is 1. The van der Waals surface area contributed by atoms with E-state index in [0.717, 1.165) is 11.1 Å². The van der Waals surface area contributed by atoms with Crippen molar-refractivity contribution >= 4 is 17.3 Å². The van der Waals surface area contributed by atoms with E-state index in [0.29, 0.717) is 16.4 Å². The highest BCUT2D eigenvalue weighted by Gasteiger charge is 2.04. The molecular weight excluding hydrogens is 224 g/mol. The first kappa shape index (κ1) is 10.8. The van der Waals surface area contributed by atoms with Gasteiger partial charge >= 0.3 is 0 Å². The molecule has 0 unspecified atom stereocenters. The Morgan fingerprint density at radius 1 is 1.25 bits per heavy atom. The van der Waals surface area contributed by atoms with Gasteiger partial charge in [0.1, 0.15) is 5.69 Å². The van der Waals surface area contributed by atoms with Crippen LogP contribution < -0.4 is 0 Å². The summed E-state index contributed by atoms with van der Waals surface area (Å²) in [7, 11) is 0. The van der Waals surface area contributed by atoms with Crippen molar-refractivity contribution in [3.8, 4) is 11.1 Å². The molecule has 2 rings (SSSR count). The van der Waals surface area contributed by atoms with Gasteiger partial charge in [0.25, 0.3) is 0 Å². The predicted molar refractivity (Wildman–Crippen MR) is 64.9 cm³/mol. The smallest absolute Gasteiger partial charge is 0.129 e. The van der Waals surface area contributed by atoms with Gasteiger partial charge in [-0.25, -0.2) is 0 Å². The van der Waals surface area contributed by atoms with Gasteiger partial charge in [-0.05, 0) is 35.9 Å². The second kappa shape index (κ2) is 4.41. The minimum atomic E-state index is 0.359. The lowest BCUT2D eigenvalue weighted by Gasteiger charge is -2.03. The van der Waals surface area contributed by atoms with Crippen LogP contribution in [-0.2, 0) is 0 Å². The number of rotatable bonds is 2. The molecule has 0 amide bonds. The van der Waals surface area contributed by atoms with Crippen LogP contribution in [0, 0.1) is 11.8 Å². The molecule has 0 atom stereocenters. The van der Waals surface area contributed by atoms with Gasteiger partial charge in [-0.15, -0.1) is 4.91 Å². The van der Waals surface area contributed by atoms with E-state index in [1.165, 1.54) is 0 Å². The molecule has 0 fully saturated rings. The highest BCUT2D eigenvalue weighted by molar-refractivity contribution is 6.30. The molecule has 3 nitrogen and oxygen atoms in total. The molecule has 1 aromatic carbocycles. The Balaban J connectivity index is 2.52. The van der Waals surface area contributed by atoms with Gasteiger partial charge in [0.05, 0.1) is 5.69 Å². The van der Waals surface area contributed by atoms with Crippen LogP contribution in [0.1, 0.15) is 5.69 Å². The topological polar surface area (TPSA) is 42.3 Å². The van der Waals surface area contributed by atoms with Crippen molar-refractivity contribution in [2.45, 2.75) is 6.92 Å². The second-order valence-corrected chi connectivity index (χ2v) is 3.87. The van der Waals surface area contributed by atoms with Crippen molar-refractivity contribution in [3.05, 3.63) is 52.2 Å². The molecule has 0 saturated carbocycles. The number of nitrogens with zero attached hydrogens (tertiary/aromatic N) is 2. The lowest BCUT2D eigenvalue weighted by molar-refractivity contribution is 1.18. The summed E-state index contributed by atoms with van der Waals surface area (Å²) in [5.41, 5.74) is 2.74. The summed E-state index contributed by atoms with van der Waals surface area (Å²) < 4.78 is 0. The Morgan fingerprint density at radius 3 is 2.75 bits per heavy atom. The van der Waals surface area contributed by atoms with Crippen LogP contribution in [0.15, 0.2) is 41.7 Å². The number of halogens is 1. The second-order valence-electron chi connectivity index (χ2n) is 3.43. The lowest BCUT2D eigenvalue weighted by Crippen LogP contribution is -1.84. The van der Waals surface area contributed by atoms with Gasteiger partial charge < -0.3 is 0 Å². The zero-order valence-corrected chi connectivity index (χ0v) is 9.40. The molecule has 1 aromatic heterocycles. The van der Waals surface area contributed by atoms with Crippen LogP contribution in [0.4, 0.5) is 5.69 Å². The molecule has 16 heavy (non-hydrogen) atoms. The van der Waals surface area contributed by atoms with E-state index in [9.17, 15) is 4.91 Å². The fourth-order valence-electron chi connectivity index (χ4n) is 1.44. The van der Waals surface area contributed by atoms with Gasteiger partial charge in [0, 0.05) is 16.8 Å². The summed E-state index contributed by atoms with van der Waals surface area (Å²) in [6.07, 6.45) is 1.70. The fraction of sp³-hybridized carbons (Fsp3) is 0.0833. The Morgan fingerprint density at radius 2 is 2.06 bits per heavy atom. The largest absolute Gasteiger partial charge is 0.259 e. The first-order chi connectivity index (χ1) is 7.70. The number of aromatic nitrogens is 1. The van der Waals surface area contributed by atoms with Gasteiger partial charge in [0.2, 0.25) is 0 Å². The third kappa shape index (κ3) is 2.09. The molecular formula is C12H9ClN2O. The van der Waals surface area contributed by atoms with E-state index >= 15 is 0 Å². The molecule has 80 valence electrons. The van der Waals surface area contributed by atoms with Crippen molar-refractivity contribution < 1.29 is 0 Å². The molecule has 0 N–H and O–H groups in total. The number of hydrogen-bond donors (Lipinski definition) is 0. The highest BCUT2D eigenvalue weighted by Crippen LogP contribution is 2.26. The number of pyridine rings is 1. The summed E-state index contributed by atoms with van der Waals surface area (Å²) in [4.78, 5) is 14.7. The van der Waals surface area contributed by atoms with Crippen molar-refractivity contribution in [3.63, 3.8) is 0 Å². The SMILES string of the molecule is Cc1ncc(-c2cccc(Cl)c2)cc1N=O. The molecule has 0 aliphatic rings. The number of nitroso groups, excluding NO2 is 1. The first-order valence-electron chi connectivity index (χ1n) is 4.76. The monoisotopic (exact) mass is 232 g/mol. The fourth-order valence-corrected chi connectivity index (χ4v) is 1.63. The van der Waals surface area contributed by atoms with Crippen LogP contribution in [0.2, 0.25) is 5.02 Å². The maximum absolute atomic E-state index is 10.6. The van der Waals surface area contributed by atoms with Crippen molar-refractivity contribution in [2.24, 2.45) is 5.18 Å². The maximum Gasteiger partial charge on any atom is 0.129 e. The Kier molecular flexibility index (Phi) is 2.97. The third-order valence-electron chi connectivity index (χ3n) is 2.32. The molecule has 0 spiro atoms. The zero-order chi connectivity index (χ0) is 11.5. The summed E-state index contributed by atoms with van der Waals surface area (Å²) >= 11 is 5.89. The van der Waals surface area contributed by atoms with Crippen molar-refractivity contribution in [1.82, 2.24) is 4.98 Å². The van der Waals surface area contributed by atoms with Crippen LogP contribution in [-0.4, -0.2) is 4.98 Å². The van der Waals surface area contributed by atoms with Crippen molar-refractivity contribution in [2.75, 3.05) is 0 Å². The van der Waals surface area contributed by atoms with Gasteiger partial charge in [0.15, 0.2) is 0 Å². The summed E-state index contributed by atoms with van der Waals surface area (Å²) in [5, 5.41) is 3.58. The molecule has 1 heterocycles. The summed E-state index contributed by atoms with van der Waals surface area (Å²) in [6, 6.07) is 9.09. The minimum absolute atomic E-state index is 0.359. The molecule has 0 aliphatic heterocycles. The molecule has 0 aliphatic carbocycles. The molecule has 0 saturated heterocycles. The molecule has 0 radical (unpaired) electrons. The van der Waals surface area contributed by atoms with E-state index in [2.05, 4.69) is 10.2 Å². The normalized spacial score (nSPS) is 10.1. The van der Waals surface area contributed by atoms with E-state index in [-0.39, 0.29) is 0 Å². The Bertz CT molecular complexity index is 540. The van der Waals surface area contributed by atoms with E-state index in [1.807, 2.05) is 18.2 Å². The number of aryl methyl sites for hydroxylation is 1. The Labute approximate surface area is 98.1 Å². The quantitative estimate of drug-likeness (QED) is 0.732. The first-order valence-corrected chi connectivity index (χ1v) is 5.14. The zero-order valence-electron chi connectivity index (χ0n) is 8.64. The van der Waals surface area contributed by atoms with E-state index < -0.39 is 0 Å². The van der Waals surface area contributed by atoms with Crippen molar-refractivity contribution in [1.29, 1.82) is 0 Å². The lowest BCUT2D eigenvalue weighted by atomic mass is 10.1. The van der Waals surface area contributed by atoms with E-state index in [4.69, 9.17) is 11.6 Å². The van der Waals surface area contributed by atoms with Crippen LogP contribution in [0.25, 0.3) is 11.1 Å². The Hall–Kier alpha value is -1.74. The highest BCUT2D eigenvalue weighted by atomic mass is 35.5. The van der Waals surface area contributed by atoms with Gasteiger partial charge in [-0.2, -0.15) is 0 Å². The maximum atomic E-state index is 10.6. The molecule has 2 aromatic rings. The summed E-state index contributed by atoms with van der Waals surface area (Å²) in [6.45, 7) is 1.75. The standard InChI is InChI=1S/C12H9ClN2O/c1-8-12(15-16)6-10(7-14-8)9-3-2-4-11(13)5-9/h2-7H,1H3. The van der Waals surface area contributed by atoms with Crippen LogP contribution >= 0.6 is 11.6 Å². The molecule has 4 heteroatoms. The predicted octanol–water partition coefficient (Wildman–Crippen LogP) is 4.11. The average Bonchev–Trinajstić information content (AvgIpc) is 2.29. The van der Waals surface area contributed by atoms with Crippen LogP contribution in [0.3, 0.4) is 0 Å².